The van der Waals surface area contributed by atoms with Crippen LogP contribution in [0.2, 0.25) is 0 Å². The molecule has 1 aromatic carbocycles. The normalized spacial score (nSPS) is 16.6. The smallest absolute Gasteiger partial charge is 0.227 e. The number of nitrogens with zero attached hydrogens (tertiary/aromatic N) is 6. The second-order valence-corrected chi connectivity index (χ2v) is 11.1. The Balaban J connectivity index is 0.000000935. The van der Waals surface area contributed by atoms with Gasteiger partial charge in [-0.2, -0.15) is 5.26 Å². The maximum absolute atomic E-state index is 9.56. The molecular formula is C34H50N10O4. The lowest BCUT2D eigenvalue weighted by Crippen LogP contribution is -2.30. The van der Waals surface area contributed by atoms with Gasteiger partial charge in [-0.05, 0) is 44.4 Å². The molecule has 48 heavy (non-hydrogen) atoms. The van der Waals surface area contributed by atoms with E-state index in [1.54, 1.807) is 30.7 Å². The second-order valence-electron chi connectivity index (χ2n) is 11.1. The number of rotatable bonds is 16. The fourth-order valence-electron chi connectivity index (χ4n) is 4.74. The molecule has 0 unspecified atom stereocenters. The molecule has 0 radical (unpaired) electrons. The molecule has 0 spiro atoms. The fraction of sp³-hybridized carbons (Fsp3) is 0.529. The van der Waals surface area contributed by atoms with Gasteiger partial charge in [0.1, 0.15) is 30.0 Å². The molecule has 6 N–H and O–H groups in total. The summed E-state index contributed by atoms with van der Waals surface area (Å²) in [5, 5.41) is 15.9. The maximum atomic E-state index is 9.56. The number of allylic oxidation sites excluding steroid dienone is 1. The van der Waals surface area contributed by atoms with Crippen molar-refractivity contribution in [3.63, 3.8) is 0 Å². The van der Waals surface area contributed by atoms with E-state index in [0.717, 1.165) is 63.0 Å². The van der Waals surface area contributed by atoms with Gasteiger partial charge in [0.25, 0.3) is 0 Å². The number of benzene rings is 1. The summed E-state index contributed by atoms with van der Waals surface area (Å²) in [7, 11) is 0. The molecule has 0 amide bonds. The molecule has 1 atom stereocenters. The van der Waals surface area contributed by atoms with Crippen LogP contribution >= 0.6 is 0 Å². The van der Waals surface area contributed by atoms with Crippen LogP contribution in [0, 0.1) is 11.3 Å². The van der Waals surface area contributed by atoms with Crippen molar-refractivity contribution in [1.82, 2.24) is 15.3 Å². The lowest BCUT2D eigenvalue weighted by atomic mass is 9.96. The van der Waals surface area contributed by atoms with E-state index in [1.165, 1.54) is 25.6 Å². The van der Waals surface area contributed by atoms with Gasteiger partial charge in [-0.25, -0.2) is 15.0 Å². The van der Waals surface area contributed by atoms with Crippen molar-refractivity contribution >= 4 is 24.8 Å². The number of morpholine rings is 1. The summed E-state index contributed by atoms with van der Waals surface area (Å²) in [5.41, 5.74) is 14.0. The second kappa shape index (κ2) is 22.9. The molecule has 14 heteroatoms. The molecule has 1 aliphatic heterocycles. The zero-order chi connectivity index (χ0) is 34.2. The number of ether oxygens (including phenoxy) is 4. The van der Waals surface area contributed by atoms with Crippen LogP contribution in [0.25, 0.3) is 11.1 Å². The molecule has 4 rings (SSSR count). The summed E-state index contributed by atoms with van der Waals surface area (Å²) in [4.78, 5) is 21.6. The summed E-state index contributed by atoms with van der Waals surface area (Å²) in [5.74, 6) is 1.02. The predicted molar refractivity (Wildman–Crippen MR) is 189 cm³/mol. The minimum Gasteiger partial charge on any atom is -0.487 e. The summed E-state index contributed by atoms with van der Waals surface area (Å²) < 4.78 is 22.1. The van der Waals surface area contributed by atoms with Crippen LogP contribution in [-0.4, -0.2) is 93.7 Å². The van der Waals surface area contributed by atoms with Crippen molar-refractivity contribution in [3.8, 4) is 22.9 Å². The Labute approximate surface area is 283 Å². The van der Waals surface area contributed by atoms with Crippen LogP contribution in [-0.2, 0) is 14.2 Å². The standard InChI is InChI=1S/C30H41N9O3.C4H9NO/c1-3-40-12-7-13-41-29(33)27(19-36-26-8-5-4-6-9-26)39-30-37-17-25(18-38-30)23-10-11-24(15-31)28(14-23)42-22(2)16-34-21-35-20-32;1-3-6-4-2-5-1/h10-11,14,17-22,26H,3-9,12-13,16,33H2,1-2H3,(H2,32,34,35)(H,37,38,39);5H,1-4H2/b29-27-,36-19?;/t22-;/m0./s1. The minimum atomic E-state index is -0.285. The van der Waals surface area contributed by atoms with Crippen LogP contribution in [0.1, 0.15) is 57.9 Å². The van der Waals surface area contributed by atoms with Crippen molar-refractivity contribution in [2.45, 2.75) is 64.5 Å². The first-order chi connectivity index (χ1) is 23.5. The van der Waals surface area contributed by atoms with E-state index >= 15 is 0 Å². The molecule has 2 heterocycles. The van der Waals surface area contributed by atoms with Gasteiger partial charge in [-0.1, -0.05) is 25.3 Å². The van der Waals surface area contributed by atoms with E-state index in [0.29, 0.717) is 49.3 Å². The van der Waals surface area contributed by atoms with E-state index in [1.807, 2.05) is 19.9 Å². The summed E-state index contributed by atoms with van der Waals surface area (Å²) in [6, 6.07) is 7.76. The number of anilines is 1. The molecule has 0 bridgehead atoms. The van der Waals surface area contributed by atoms with Crippen molar-refractivity contribution in [2.75, 3.05) is 58.0 Å². The van der Waals surface area contributed by atoms with Crippen LogP contribution in [0.3, 0.4) is 0 Å². The maximum Gasteiger partial charge on any atom is 0.227 e. The minimum absolute atomic E-state index is 0.223. The number of hydrogen-bond acceptors (Lipinski definition) is 12. The van der Waals surface area contributed by atoms with Gasteiger partial charge in [-0.15, -0.1) is 0 Å². The highest BCUT2D eigenvalue weighted by molar-refractivity contribution is 5.83. The van der Waals surface area contributed by atoms with Gasteiger partial charge < -0.3 is 41.0 Å². The molecule has 1 aromatic heterocycles. The lowest BCUT2D eigenvalue weighted by molar-refractivity contribution is 0.109. The topological polar surface area (TPSA) is 200 Å². The quantitative estimate of drug-likeness (QED) is 0.0882. The summed E-state index contributed by atoms with van der Waals surface area (Å²) in [6.45, 7) is 9.69. The predicted octanol–water partition coefficient (Wildman–Crippen LogP) is 3.79. The molecule has 1 saturated heterocycles. The number of hydrogen-bond donors (Lipinski definition) is 4. The number of aromatic nitrogens is 2. The Morgan fingerprint density at radius 3 is 2.58 bits per heavy atom. The van der Waals surface area contributed by atoms with Crippen molar-refractivity contribution in [3.05, 3.63) is 47.7 Å². The van der Waals surface area contributed by atoms with Crippen LogP contribution < -0.4 is 26.8 Å². The Morgan fingerprint density at radius 1 is 1.17 bits per heavy atom. The van der Waals surface area contributed by atoms with Gasteiger partial charge in [-0.3, -0.25) is 9.98 Å². The molecule has 260 valence electrons. The number of nitrogens with one attached hydrogen (secondary N) is 2. The molecule has 2 fully saturated rings. The number of nitrogens with two attached hydrogens (primary N) is 2. The van der Waals surface area contributed by atoms with Gasteiger partial charge in [0, 0.05) is 50.7 Å². The first kappa shape index (κ1) is 37.9. The van der Waals surface area contributed by atoms with Crippen molar-refractivity contribution in [2.24, 2.45) is 26.4 Å². The molecule has 2 aliphatic rings. The Bertz CT molecular complexity index is 1350. The highest BCUT2D eigenvalue weighted by Gasteiger charge is 2.14. The molecular weight excluding hydrogens is 612 g/mol. The van der Waals surface area contributed by atoms with E-state index in [4.69, 9.17) is 35.4 Å². The average Bonchev–Trinajstić information content (AvgIpc) is 3.13. The molecule has 14 nitrogen and oxygen atoms in total. The SMILES string of the molecule is C1COCCN1.CCOCCCO/C(N)=C(/C=NC1CCCCC1)Nc1ncc(-c2ccc(C#N)c(O[C@@H](C)CN=CN=CN)c2)cn1. The highest BCUT2D eigenvalue weighted by Crippen LogP contribution is 2.28. The van der Waals surface area contributed by atoms with Crippen LogP contribution in [0.4, 0.5) is 5.95 Å². The van der Waals surface area contributed by atoms with E-state index in [9.17, 15) is 5.26 Å². The lowest BCUT2D eigenvalue weighted by Gasteiger charge is -2.18. The summed E-state index contributed by atoms with van der Waals surface area (Å²) >= 11 is 0. The van der Waals surface area contributed by atoms with Crippen LogP contribution in [0.15, 0.2) is 57.2 Å². The zero-order valence-electron chi connectivity index (χ0n) is 28.1. The molecule has 1 saturated carbocycles. The van der Waals surface area contributed by atoms with Gasteiger partial charge >= 0.3 is 0 Å². The highest BCUT2D eigenvalue weighted by atomic mass is 16.5. The third-order valence-electron chi connectivity index (χ3n) is 7.25. The fourth-order valence-corrected chi connectivity index (χ4v) is 4.74. The molecule has 1 aliphatic carbocycles. The first-order valence-corrected chi connectivity index (χ1v) is 16.6. The van der Waals surface area contributed by atoms with Gasteiger partial charge in [0.15, 0.2) is 0 Å². The van der Waals surface area contributed by atoms with Gasteiger partial charge in [0.05, 0.1) is 50.5 Å². The van der Waals surface area contributed by atoms with E-state index in [2.05, 4.69) is 36.7 Å². The van der Waals surface area contributed by atoms with E-state index < -0.39 is 0 Å². The van der Waals surface area contributed by atoms with Gasteiger partial charge in [0.2, 0.25) is 11.8 Å². The molecule has 2 aromatic rings. The average molecular weight is 663 g/mol. The van der Waals surface area contributed by atoms with E-state index in [-0.39, 0.29) is 18.0 Å². The monoisotopic (exact) mass is 662 g/mol. The number of aliphatic imine (C=N–C) groups is 3. The Kier molecular flexibility index (Phi) is 18.0. The zero-order valence-corrected chi connectivity index (χ0v) is 28.1. The third kappa shape index (κ3) is 14.5. The Hall–Kier alpha value is -4.58. The third-order valence-corrected chi connectivity index (χ3v) is 7.25. The summed E-state index contributed by atoms with van der Waals surface area (Å²) in [6.07, 6.45) is 13.8. The van der Waals surface area contributed by atoms with Crippen LogP contribution in [0.5, 0.6) is 5.75 Å². The Morgan fingerprint density at radius 2 is 1.94 bits per heavy atom. The largest absolute Gasteiger partial charge is 0.487 e. The van der Waals surface area contributed by atoms with Crippen molar-refractivity contribution < 1.29 is 18.9 Å². The van der Waals surface area contributed by atoms with Crippen molar-refractivity contribution in [1.29, 1.82) is 5.26 Å². The first-order valence-electron chi connectivity index (χ1n) is 16.6. The number of nitriles is 1.